The number of phenolic OH excluding ortho intramolecular Hbond substituents is 1. The van der Waals surface area contributed by atoms with Crippen LogP contribution in [-0.2, 0) is 14.8 Å². The fourth-order valence-electron chi connectivity index (χ4n) is 3.12. The van der Waals surface area contributed by atoms with E-state index in [0.717, 1.165) is 15.4 Å². The second-order valence-corrected chi connectivity index (χ2v) is 9.98. The maximum Gasteiger partial charge on any atom is 0.264 e. The summed E-state index contributed by atoms with van der Waals surface area (Å²) in [5.41, 5.74) is 4.85. The number of anilines is 1. The molecule has 0 spiro atoms. The Kier molecular flexibility index (Phi) is 8.37. The highest BCUT2D eigenvalue weighted by atomic mass is 35.5. The van der Waals surface area contributed by atoms with E-state index in [-0.39, 0.29) is 22.1 Å². The third-order valence-corrected chi connectivity index (χ3v) is 7.22. The van der Waals surface area contributed by atoms with Crippen molar-refractivity contribution in [1.82, 2.24) is 5.43 Å². The monoisotopic (exact) mass is 515 g/mol. The summed E-state index contributed by atoms with van der Waals surface area (Å²) in [5.74, 6) is -0.381. The van der Waals surface area contributed by atoms with Crippen LogP contribution in [0.1, 0.15) is 23.6 Å². The fraction of sp³-hybridized carbons (Fsp3) is 0.200. The van der Waals surface area contributed by atoms with Gasteiger partial charge in [-0.25, -0.2) is 13.8 Å². The molecular formula is C25H26ClN3O5S. The van der Waals surface area contributed by atoms with Crippen molar-refractivity contribution in [3.05, 3.63) is 82.4 Å². The maximum absolute atomic E-state index is 13.4. The average Bonchev–Trinajstić information content (AvgIpc) is 2.82. The highest BCUT2D eigenvalue weighted by molar-refractivity contribution is 7.92. The zero-order chi connectivity index (χ0) is 25.6. The van der Waals surface area contributed by atoms with Gasteiger partial charge in [-0.15, -0.1) is 0 Å². The van der Waals surface area contributed by atoms with E-state index in [9.17, 15) is 18.3 Å². The summed E-state index contributed by atoms with van der Waals surface area (Å²) in [6, 6.07) is 15.7. The van der Waals surface area contributed by atoms with Gasteiger partial charge in [0.2, 0.25) is 0 Å². The summed E-state index contributed by atoms with van der Waals surface area (Å²) < 4.78 is 33.2. The number of sulfonamides is 1. The van der Waals surface area contributed by atoms with Crippen LogP contribution in [0, 0.1) is 13.8 Å². The van der Waals surface area contributed by atoms with E-state index in [0.29, 0.717) is 17.2 Å². The number of hydrogen-bond acceptors (Lipinski definition) is 6. The highest BCUT2D eigenvalue weighted by Gasteiger charge is 2.27. The van der Waals surface area contributed by atoms with Crippen molar-refractivity contribution in [2.45, 2.75) is 25.7 Å². The summed E-state index contributed by atoms with van der Waals surface area (Å²) in [7, 11) is -4.07. The molecule has 0 aliphatic rings. The number of halogens is 1. The van der Waals surface area contributed by atoms with Crippen LogP contribution in [0.4, 0.5) is 5.69 Å². The Bertz CT molecular complexity index is 1340. The van der Waals surface area contributed by atoms with Crippen LogP contribution in [0.3, 0.4) is 0 Å². The van der Waals surface area contributed by atoms with Crippen molar-refractivity contribution >= 4 is 39.4 Å². The Labute approximate surface area is 209 Å². The largest absolute Gasteiger partial charge is 0.504 e. The van der Waals surface area contributed by atoms with Crippen LogP contribution in [0.15, 0.2) is 70.7 Å². The first-order chi connectivity index (χ1) is 16.6. The first kappa shape index (κ1) is 26.1. The van der Waals surface area contributed by atoms with Crippen LogP contribution < -0.4 is 14.5 Å². The smallest absolute Gasteiger partial charge is 0.264 e. The van der Waals surface area contributed by atoms with E-state index in [4.69, 9.17) is 16.3 Å². The van der Waals surface area contributed by atoms with Gasteiger partial charge in [0.25, 0.3) is 15.9 Å². The molecule has 0 aliphatic heterocycles. The third-order valence-electron chi connectivity index (χ3n) is 5.03. The molecule has 0 unspecified atom stereocenters. The normalized spacial score (nSPS) is 11.4. The minimum atomic E-state index is -4.07. The van der Waals surface area contributed by atoms with E-state index in [2.05, 4.69) is 10.5 Å². The number of nitrogens with one attached hydrogen (secondary N) is 1. The molecule has 3 aromatic carbocycles. The molecule has 35 heavy (non-hydrogen) atoms. The average molecular weight is 516 g/mol. The summed E-state index contributed by atoms with van der Waals surface area (Å²) in [6.45, 7) is 5.29. The number of rotatable bonds is 9. The minimum absolute atomic E-state index is 0.0123. The quantitative estimate of drug-likeness (QED) is 0.324. The summed E-state index contributed by atoms with van der Waals surface area (Å²) >= 11 is 6.24. The molecule has 184 valence electrons. The first-order valence-electron chi connectivity index (χ1n) is 10.7. The van der Waals surface area contributed by atoms with Gasteiger partial charge in [0.1, 0.15) is 6.54 Å². The lowest BCUT2D eigenvalue weighted by atomic mass is 10.2. The molecule has 10 heteroatoms. The van der Waals surface area contributed by atoms with Gasteiger partial charge in [-0.3, -0.25) is 9.10 Å². The van der Waals surface area contributed by atoms with Crippen molar-refractivity contribution in [1.29, 1.82) is 0 Å². The molecule has 0 saturated carbocycles. The van der Waals surface area contributed by atoms with Gasteiger partial charge in [0.05, 0.1) is 23.4 Å². The molecular weight excluding hydrogens is 490 g/mol. The number of hydrazone groups is 1. The number of carbonyl (C=O) groups is 1. The van der Waals surface area contributed by atoms with Crippen LogP contribution in [0.25, 0.3) is 0 Å². The molecule has 8 nitrogen and oxygen atoms in total. The van der Waals surface area contributed by atoms with Gasteiger partial charge in [-0.05, 0) is 74.4 Å². The molecule has 0 bridgehead atoms. The molecule has 0 heterocycles. The van der Waals surface area contributed by atoms with Gasteiger partial charge in [0, 0.05) is 5.02 Å². The second-order valence-electron chi connectivity index (χ2n) is 7.71. The Morgan fingerprint density at radius 3 is 2.49 bits per heavy atom. The van der Waals surface area contributed by atoms with E-state index in [1.165, 1.54) is 30.5 Å². The van der Waals surface area contributed by atoms with Crippen molar-refractivity contribution < 1.29 is 23.1 Å². The summed E-state index contributed by atoms with van der Waals surface area (Å²) in [6.07, 6.45) is 1.36. The number of aryl methyl sites for hydroxylation is 2. The topological polar surface area (TPSA) is 108 Å². The van der Waals surface area contributed by atoms with Gasteiger partial charge >= 0.3 is 0 Å². The zero-order valence-electron chi connectivity index (χ0n) is 19.5. The van der Waals surface area contributed by atoms with Crippen LogP contribution in [-0.4, -0.2) is 38.8 Å². The Hall–Kier alpha value is -3.56. The summed E-state index contributed by atoms with van der Waals surface area (Å²) in [5, 5.41) is 14.1. The van der Waals surface area contributed by atoms with Crippen molar-refractivity contribution in [2.75, 3.05) is 17.5 Å². The zero-order valence-corrected chi connectivity index (χ0v) is 21.1. The third kappa shape index (κ3) is 6.52. The molecule has 3 aromatic rings. The Morgan fingerprint density at radius 2 is 1.83 bits per heavy atom. The number of aromatic hydroxyl groups is 1. The standard InChI is InChI=1S/C25H26ClN3O5S/c1-4-34-24-13-19(8-12-23(24)30)15-27-28-25(31)16-29(20-9-7-18(3)22(26)14-20)35(32,33)21-10-5-17(2)6-11-21/h5-15,30H,4,16H2,1-3H3,(H,28,31)/b27-15-. The molecule has 0 aliphatic carbocycles. The number of phenols is 1. The molecule has 0 aromatic heterocycles. The van der Waals surface area contributed by atoms with Crippen LogP contribution >= 0.6 is 11.6 Å². The molecule has 0 saturated heterocycles. The van der Waals surface area contributed by atoms with Crippen molar-refractivity contribution in [3.63, 3.8) is 0 Å². The molecule has 1 amide bonds. The molecule has 0 fully saturated rings. The van der Waals surface area contributed by atoms with E-state index < -0.39 is 22.5 Å². The maximum atomic E-state index is 13.4. The number of carbonyl (C=O) groups excluding carboxylic acids is 1. The lowest BCUT2D eigenvalue weighted by molar-refractivity contribution is -0.119. The van der Waals surface area contributed by atoms with Crippen molar-refractivity contribution in [2.24, 2.45) is 5.10 Å². The highest BCUT2D eigenvalue weighted by Crippen LogP contribution is 2.28. The van der Waals surface area contributed by atoms with Crippen molar-refractivity contribution in [3.8, 4) is 11.5 Å². The predicted octanol–water partition coefficient (Wildman–Crippen LogP) is 4.41. The number of ether oxygens (including phenoxy) is 1. The Morgan fingerprint density at radius 1 is 1.11 bits per heavy atom. The second kappa shape index (κ2) is 11.2. The van der Waals surface area contributed by atoms with Gasteiger partial charge in [0.15, 0.2) is 11.5 Å². The number of benzene rings is 3. The SMILES string of the molecule is CCOc1cc(/C=N\NC(=O)CN(c2ccc(C)c(Cl)c2)S(=O)(=O)c2ccc(C)cc2)ccc1O. The van der Waals surface area contributed by atoms with Gasteiger partial charge in [-0.2, -0.15) is 5.10 Å². The molecule has 3 rings (SSSR count). The molecule has 0 atom stereocenters. The van der Waals surface area contributed by atoms with E-state index in [1.54, 1.807) is 50.2 Å². The number of nitrogens with zero attached hydrogens (tertiary/aromatic N) is 2. The molecule has 0 radical (unpaired) electrons. The number of amides is 1. The minimum Gasteiger partial charge on any atom is -0.504 e. The van der Waals surface area contributed by atoms with E-state index in [1.807, 2.05) is 6.92 Å². The van der Waals surface area contributed by atoms with Gasteiger partial charge in [-0.1, -0.05) is 35.4 Å². The lowest BCUT2D eigenvalue weighted by Crippen LogP contribution is -2.39. The first-order valence-corrected chi connectivity index (χ1v) is 12.6. The summed E-state index contributed by atoms with van der Waals surface area (Å²) in [4.78, 5) is 12.7. The fourth-order valence-corrected chi connectivity index (χ4v) is 4.70. The lowest BCUT2D eigenvalue weighted by Gasteiger charge is -2.24. The Balaban J connectivity index is 1.84. The molecule has 2 N–H and O–H groups in total. The van der Waals surface area contributed by atoms with Crippen LogP contribution in [0.5, 0.6) is 11.5 Å². The number of hydrogen-bond donors (Lipinski definition) is 2. The predicted molar refractivity (Wildman–Crippen MR) is 137 cm³/mol. The van der Waals surface area contributed by atoms with E-state index >= 15 is 0 Å². The van der Waals surface area contributed by atoms with Gasteiger partial charge < -0.3 is 9.84 Å². The van der Waals surface area contributed by atoms with Crippen LogP contribution in [0.2, 0.25) is 5.02 Å².